The van der Waals surface area contributed by atoms with Crippen molar-refractivity contribution >= 4 is 51.6 Å². The SMILES string of the molecule is C=C(C#N)C(CCn1ccc2ccccc21)OC(=N)C(Cl)(Cl)Cl. The predicted molar refractivity (Wildman–Crippen MR) is 94.2 cm³/mol. The van der Waals surface area contributed by atoms with Crippen LogP contribution < -0.4 is 0 Å². The molecule has 7 heteroatoms. The fourth-order valence-corrected chi connectivity index (χ4v) is 2.31. The lowest BCUT2D eigenvalue weighted by Crippen LogP contribution is -2.28. The van der Waals surface area contributed by atoms with Gasteiger partial charge in [-0.05, 0) is 17.5 Å². The van der Waals surface area contributed by atoms with Crippen molar-refractivity contribution in [2.24, 2.45) is 0 Å². The van der Waals surface area contributed by atoms with E-state index in [1.54, 1.807) is 0 Å². The fourth-order valence-electron chi connectivity index (χ4n) is 2.18. The minimum Gasteiger partial charge on any atom is -0.469 e. The van der Waals surface area contributed by atoms with E-state index >= 15 is 0 Å². The van der Waals surface area contributed by atoms with Crippen LogP contribution in [0, 0.1) is 16.7 Å². The van der Waals surface area contributed by atoms with E-state index in [0.29, 0.717) is 13.0 Å². The van der Waals surface area contributed by atoms with Crippen LogP contribution in [-0.4, -0.2) is 20.4 Å². The Morgan fingerprint density at radius 3 is 2.70 bits per heavy atom. The summed E-state index contributed by atoms with van der Waals surface area (Å²) < 4.78 is 5.40. The van der Waals surface area contributed by atoms with Gasteiger partial charge in [-0.25, -0.2) is 0 Å². The number of hydrogen-bond donors (Lipinski definition) is 1. The van der Waals surface area contributed by atoms with Gasteiger partial charge >= 0.3 is 0 Å². The van der Waals surface area contributed by atoms with E-state index in [1.165, 1.54) is 0 Å². The highest BCUT2D eigenvalue weighted by Crippen LogP contribution is 2.29. The van der Waals surface area contributed by atoms with Crippen LogP contribution in [0.2, 0.25) is 0 Å². The summed E-state index contributed by atoms with van der Waals surface area (Å²) in [4.78, 5) is 0. The third-order valence-corrected chi connectivity index (χ3v) is 3.88. The van der Waals surface area contributed by atoms with Crippen LogP contribution in [0.1, 0.15) is 6.42 Å². The topological polar surface area (TPSA) is 61.8 Å². The van der Waals surface area contributed by atoms with Crippen LogP contribution in [0.5, 0.6) is 0 Å². The van der Waals surface area contributed by atoms with E-state index in [2.05, 4.69) is 6.58 Å². The average Bonchev–Trinajstić information content (AvgIpc) is 2.92. The van der Waals surface area contributed by atoms with Gasteiger partial charge in [-0.2, -0.15) is 5.26 Å². The largest absolute Gasteiger partial charge is 0.469 e. The van der Waals surface area contributed by atoms with Crippen molar-refractivity contribution in [3.05, 3.63) is 48.7 Å². The average molecular weight is 371 g/mol. The number of para-hydroxylation sites is 1. The lowest BCUT2D eigenvalue weighted by atomic mass is 10.1. The number of nitrogens with one attached hydrogen (secondary N) is 1. The molecule has 0 amide bonds. The van der Waals surface area contributed by atoms with Crippen molar-refractivity contribution in [2.45, 2.75) is 22.9 Å². The number of benzene rings is 1. The number of fused-ring (bicyclic) bond motifs is 1. The molecule has 2 aromatic rings. The molecule has 0 saturated carbocycles. The van der Waals surface area contributed by atoms with Gasteiger partial charge < -0.3 is 9.30 Å². The lowest BCUT2D eigenvalue weighted by Gasteiger charge is -2.21. The second-order valence-corrected chi connectivity index (χ2v) is 7.21. The van der Waals surface area contributed by atoms with Crippen LogP contribution >= 0.6 is 34.8 Å². The first-order chi connectivity index (χ1) is 10.8. The molecule has 0 aliphatic carbocycles. The number of nitrogens with zero attached hydrogens (tertiary/aromatic N) is 2. The molecule has 0 saturated heterocycles. The molecule has 0 aliphatic rings. The molecule has 1 aromatic heterocycles. The normalized spacial score (nSPS) is 12.6. The zero-order valence-corrected chi connectivity index (χ0v) is 14.4. The molecular formula is C16H14Cl3N3O. The van der Waals surface area contributed by atoms with Gasteiger partial charge in [0.1, 0.15) is 6.10 Å². The molecule has 1 N–H and O–H groups in total. The quantitative estimate of drug-likeness (QED) is 0.354. The lowest BCUT2D eigenvalue weighted by molar-refractivity contribution is 0.205. The summed E-state index contributed by atoms with van der Waals surface area (Å²) in [7, 11) is 0. The van der Waals surface area contributed by atoms with Gasteiger partial charge in [-0.15, -0.1) is 0 Å². The molecule has 0 aliphatic heterocycles. The highest BCUT2D eigenvalue weighted by atomic mass is 35.6. The smallest absolute Gasteiger partial charge is 0.265 e. The van der Waals surface area contributed by atoms with Crippen molar-refractivity contribution in [3.8, 4) is 6.07 Å². The van der Waals surface area contributed by atoms with Crippen molar-refractivity contribution in [2.75, 3.05) is 0 Å². The number of nitriles is 1. The maximum Gasteiger partial charge on any atom is 0.265 e. The number of hydrogen-bond acceptors (Lipinski definition) is 3. The zero-order chi connectivity index (χ0) is 17.0. The van der Waals surface area contributed by atoms with Crippen LogP contribution in [0.4, 0.5) is 0 Å². The first-order valence-corrected chi connectivity index (χ1v) is 7.91. The Bertz CT molecular complexity index is 771. The molecule has 23 heavy (non-hydrogen) atoms. The third-order valence-electron chi connectivity index (χ3n) is 3.36. The van der Waals surface area contributed by atoms with Gasteiger partial charge in [-0.3, -0.25) is 5.41 Å². The number of halogens is 3. The van der Waals surface area contributed by atoms with Gasteiger partial charge in [0.15, 0.2) is 0 Å². The predicted octanol–water partition coefficient (Wildman–Crippen LogP) is 4.84. The molecule has 1 heterocycles. The maximum absolute atomic E-state index is 9.04. The molecular weight excluding hydrogens is 357 g/mol. The van der Waals surface area contributed by atoms with E-state index in [-0.39, 0.29) is 5.57 Å². The summed E-state index contributed by atoms with van der Waals surface area (Å²) >= 11 is 16.9. The first-order valence-electron chi connectivity index (χ1n) is 6.78. The van der Waals surface area contributed by atoms with E-state index in [9.17, 15) is 0 Å². The second-order valence-electron chi connectivity index (χ2n) is 4.93. The van der Waals surface area contributed by atoms with Crippen molar-refractivity contribution in [3.63, 3.8) is 0 Å². The monoisotopic (exact) mass is 369 g/mol. The van der Waals surface area contributed by atoms with Crippen molar-refractivity contribution in [1.29, 1.82) is 10.7 Å². The van der Waals surface area contributed by atoms with Crippen molar-refractivity contribution in [1.82, 2.24) is 4.57 Å². The second kappa shape index (κ2) is 7.27. The molecule has 4 nitrogen and oxygen atoms in total. The number of aryl methyl sites for hydroxylation is 1. The molecule has 1 aromatic carbocycles. The van der Waals surface area contributed by atoms with Gasteiger partial charge in [0.25, 0.3) is 3.79 Å². The number of aromatic nitrogens is 1. The van der Waals surface area contributed by atoms with E-state index in [0.717, 1.165) is 10.9 Å². The summed E-state index contributed by atoms with van der Waals surface area (Å²) in [6, 6.07) is 11.9. The van der Waals surface area contributed by atoms with Gasteiger partial charge in [-0.1, -0.05) is 59.6 Å². The Labute approximate surface area is 149 Å². The summed E-state index contributed by atoms with van der Waals surface area (Å²) in [5.74, 6) is -0.527. The van der Waals surface area contributed by atoms with Gasteiger partial charge in [0.05, 0.1) is 11.6 Å². The fraction of sp³-hybridized carbons (Fsp3) is 0.250. The van der Waals surface area contributed by atoms with E-state index in [4.69, 9.17) is 50.2 Å². The van der Waals surface area contributed by atoms with Crippen LogP contribution in [-0.2, 0) is 11.3 Å². The Morgan fingerprint density at radius 1 is 1.35 bits per heavy atom. The standard InChI is InChI=1S/C16H14Cl3N3O/c1-11(10-20)14(23-15(21)16(17,18)19)7-9-22-8-6-12-4-2-3-5-13(12)22/h2-6,8,14,21H,1,7,9H2. The molecule has 0 fully saturated rings. The Morgan fingerprint density at radius 2 is 2.04 bits per heavy atom. The Hall–Kier alpha value is -1.67. The summed E-state index contributed by atoms with van der Waals surface area (Å²) in [6.45, 7) is 4.23. The number of alkyl halides is 3. The molecule has 0 spiro atoms. The van der Waals surface area contributed by atoms with Gasteiger partial charge in [0, 0.05) is 24.7 Å². The molecule has 120 valence electrons. The highest BCUT2D eigenvalue weighted by molar-refractivity contribution is 6.76. The number of ether oxygens (including phenoxy) is 1. The maximum atomic E-state index is 9.04. The highest BCUT2D eigenvalue weighted by Gasteiger charge is 2.31. The Kier molecular flexibility index (Phi) is 5.59. The Balaban J connectivity index is 2.11. The summed E-state index contributed by atoms with van der Waals surface area (Å²) in [5, 5.41) is 17.8. The van der Waals surface area contributed by atoms with Crippen LogP contribution in [0.15, 0.2) is 48.7 Å². The third kappa shape index (κ3) is 4.42. The summed E-state index contributed by atoms with van der Waals surface area (Å²) in [6.07, 6.45) is 1.66. The zero-order valence-electron chi connectivity index (χ0n) is 12.1. The minimum absolute atomic E-state index is 0.181. The molecule has 0 radical (unpaired) electrons. The number of rotatable bonds is 5. The van der Waals surface area contributed by atoms with Crippen LogP contribution in [0.25, 0.3) is 10.9 Å². The molecule has 0 bridgehead atoms. The molecule has 2 rings (SSSR count). The van der Waals surface area contributed by atoms with Crippen LogP contribution in [0.3, 0.4) is 0 Å². The molecule has 1 unspecified atom stereocenters. The van der Waals surface area contributed by atoms with Gasteiger partial charge in [0.2, 0.25) is 5.90 Å². The van der Waals surface area contributed by atoms with E-state index < -0.39 is 15.8 Å². The van der Waals surface area contributed by atoms with Crippen molar-refractivity contribution < 1.29 is 4.74 Å². The first kappa shape index (κ1) is 17.7. The van der Waals surface area contributed by atoms with E-state index in [1.807, 2.05) is 47.2 Å². The molecule has 1 atom stereocenters. The summed E-state index contributed by atoms with van der Waals surface area (Å²) in [5.41, 5.74) is 1.26. The minimum atomic E-state index is -1.96.